The second-order valence-electron chi connectivity index (χ2n) is 15.0. The van der Waals surface area contributed by atoms with Crippen LogP contribution in [0.15, 0.2) is 58.3 Å². The van der Waals surface area contributed by atoms with E-state index in [1.807, 2.05) is 0 Å². The van der Waals surface area contributed by atoms with Gasteiger partial charge < -0.3 is 28.8 Å². The van der Waals surface area contributed by atoms with Gasteiger partial charge in [0, 0.05) is 20.9 Å². The number of unbranched alkanes of at least 4 members (excludes halogenated alkanes) is 8. The summed E-state index contributed by atoms with van der Waals surface area (Å²) in [5, 5.41) is 21.9. The minimum absolute atomic E-state index is 0.0796. The number of benzene rings is 2. The van der Waals surface area contributed by atoms with Crippen molar-refractivity contribution in [1.29, 1.82) is 0 Å². The smallest absolute Gasteiger partial charge is 0.0786 e. The summed E-state index contributed by atoms with van der Waals surface area (Å²) in [6.07, 6.45) is 22.1. The van der Waals surface area contributed by atoms with Crippen molar-refractivity contribution in [2.24, 2.45) is 0 Å². The lowest BCUT2D eigenvalue weighted by atomic mass is 10.1. The van der Waals surface area contributed by atoms with Gasteiger partial charge in [-0.1, -0.05) is 165 Å². The molecule has 0 aliphatic rings. The van der Waals surface area contributed by atoms with E-state index in [0.717, 1.165) is 21.6 Å². The molecule has 310 valence electrons. The molecule has 54 heavy (non-hydrogen) atoms. The Morgan fingerprint density at radius 2 is 0.611 bits per heavy atom. The number of aromatic carboxylic acids is 2. The zero-order chi connectivity index (χ0) is 40.5. The minimum Gasteiger partial charge on any atom is -0.545 e. The Balaban J connectivity index is 0.000000786. The molecule has 2 aromatic rings. The first-order valence-corrected chi connectivity index (χ1v) is 23.9. The van der Waals surface area contributed by atoms with Crippen LogP contribution in [0, 0.1) is 0 Å². The van der Waals surface area contributed by atoms with Crippen LogP contribution < -0.4 is 10.2 Å². The maximum atomic E-state index is 11.0. The molecule has 0 fully saturated rings. The predicted molar refractivity (Wildman–Crippen MR) is 232 cm³/mol. The summed E-state index contributed by atoms with van der Waals surface area (Å²) < 4.78 is 2.84. The molecule has 0 saturated carbocycles. The molecule has 0 unspecified atom stereocenters. The van der Waals surface area contributed by atoms with Crippen molar-refractivity contribution in [2.45, 2.75) is 168 Å². The van der Waals surface area contributed by atoms with Crippen LogP contribution in [-0.2, 0) is 0 Å². The number of carbonyl (C=O) groups excluding carboxylic acids is 2. The maximum Gasteiger partial charge on any atom is 0.0786 e. The lowest BCUT2D eigenvalue weighted by Gasteiger charge is -2.39. The third-order valence-electron chi connectivity index (χ3n) is 10.3. The van der Waals surface area contributed by atoms with Crippen LogP contribution >= 0.6 is 21.6 Å². The van der Waals surface area contributed by atoms with Crippen LogP contribution in [0.3, 0.4) is 0 Å². The normalized spacial score (nSPS) is 11.3. The largest absolute Gasteiger partial charge is 0.545 e. The van der Waals surface area contributed by atoms with Crippen LogP contribution in [0.4, 0.5) is 0 Å². The molecular formula is C46H80N2O4S2. The molecule has 0 bridgehead atoms. The highest BCUT2D eigenvalue weighted by Gasteiger charge is 2.25. The van der Waals surface area contributed by atoms with Gasteiger partial charge in [0.25, 0.3) is 0 Å². The first kappa shape index (κ1) is 52.0. The molecule has 0 heterocycles. The number of hydrogen-bond donors (Lipinski definition) is 0. The average molecular weight is 789 g/mol. The van der Waals surface area contributed by atoms with E-state index >= 15 is 0 Å². The Kier molecular flexibility index (Phi) is 31.9. The first-order valence-electron chi connectivity index (χ1n) is 21.7. The summed E-state index contributed by atoms with van der Waals surface area (Å²) >= 11 is 0. The molecule has 0 spiro atoms. The fraction of sp³-hybridized carbons (Fsp3) is 0.696. The highest BCUT2D eigenvalue weighted by atomic mass is 33.1. The summed E-state index contributed by atoms with van der Waals surface area (Å²) in [6, 6.07) is 12.8. The van der Waals surface area contributed by atoms with Gasteiger partial charge in [0.2, 0.25) is 0 Å². The van der Waals surface area contributed by atoms with Gasteiger partial charge in [-0.3, -0.25) is 0 Å². The minimum atomic E-state index is -1.26. The number of rotatable bonds is 29. The van der Waals surface area contributed by atoms with Crippen molar-refractivity contribution in [3.8, 4) is 0 Å². The van der Waals surface area contributed by atoms with Gasteiger partial charge in [0.15, 0.2) is 0 Å². The van der Waals surface area contributed by atoms with Crippen molar-refractivity contribution < 1.29 is 28.8 Å². The van der Waals surface area contributed by atoms with E-state index in [1.54, 1.807) is 36.4 Å². The molecule has 2 rings (SSSR count). The van der Waals surface area contributed by atoms with Crippen LogP contribution in [0.5, 0.6) is 0 Å². The van der Waals surface area contributed by atoms with Crippen molar-refractivity contribution >= 4 is 33.5 Å². The second-order valence-corrected chi connectivity index (χ2v) is 17.2. The average Bonchev–Trinajstić information content (AvgIpc) is 3.19. The van der Waals surface area contributed by atoms with Gasteiger partial charge in [-0.25, -0.2) is 0 Å². The molecule has 0 aromatic heterocycles. The third-order valence-corrected chi connectivity index (χ3v) is 12.8. The maximum absolute atomic E-state index is 11.0. The van der Waals surface area contributed by atoms with Crippen molar-refractivity contribution in [1.82, 2.24) is 0 Å². The van der Waals surface area contributed by atoms with Crippen molar-refractivity contribution in [2.75, 3.05) is 52.4 Å². The van der Waals surface area contributed by atoms with Crippen LogP contribution in [-0.4, -0.2) is 73.3 Å². The van der Waals surface area contributed by atoms with Gasteiger partial charge in [0.1, 0.15) is 0 Å². The van der Waals surface area contributed by atoms with Crippen LogP contribution in [0.25, 0.3) is 0 Å². The fourth-order valence-electron chi connectivity index (χ4n) is 6.80. The highest BCUT2D eigenvalue weighted by molar-refractivity contribution is 8.76. The van der Waals surface area contributed by atoms with E-state index < -0.39 is 11.9 Å². The second kappa shape index (κ2) is 33.2. The van der Waals surface area contributed by atoms with Gasteiger partial charge in [-0.05, 0) is 63.5 Å². The Labute approximate surface area is 340 Å². The molecule has 8 heteroatoms. The molecule has 0 atom stereocenters. The summed E-state index contributed by atoms with van der Waals surface area (Å²) in [4.78, 5) is 23.0. The van der Waals surface area contributed by atoms with Gasteiger partial charge in [-0.15, -0.1) is 0 Å². The summed E-state index contributed by atoms with van der Waals surface area (Å²) in [6.45, 7) is 30.0. The molecular weight excluding hydrogens is 709 g/mol. The van der Waals surface area contributed by atoms with Gasteiger partial charge in [-0.2, -0.15) is 0 Å². The van der Waals surface area contributed by atoms with E-state index in [2.05, 4.69) is 55.4 Å². The number of quaternary nitrogens is 2. The van der Waals surface area contributed by atoms with E-state index in [1.165, 1.54) is 176 Å². The number of carbonyl (C=O) groups is 2. The molecule has 2 aromatic carbocycles. The topological polar surface area (TPSA) is 80.3 Å². The third kappa shape index (κ3) is 22.5. The Morgan fingerprint density at radius 1 is 0.407 bits per heavy atom. The van der Waals surface area contributed by atoms with E-state index in [0.29, 0.717) is 9.79 Å². The van der Waals surface area contributed by atoms with Gasteiger partial charge >= 0.3 is 0 Å². The quantitative estimate of drug-likeness (QED) is 0.0603. The molecule has 0 amide bonds. The van der Waals surface area contributed by atoms with E-state index in [9.17, 15) is 19.8 Å². The number of carboxylic acid groups (broad SMARTS) is 2. The Morgan fingerprint density at radius 3 is 0.796 bits per heavy atom. The standard InChI is InChI=1S/2C16H36N.C14H10O4S2/c2*1-5-9-13-17(14-10-6-2,15-11-7-3)16-12-8-4;15-13(16)9-5-1-3-7-11(9)19-20-12-8-4-2-6-10(12)14(17)18/h2*5-16H2,1-4H3;1-8H,(H,15,16)(H,17,18)/q2*+1;/p-2. The lowest BCUT2D eigenvalue weighted by Crippen LogP contribution is -2.50. The number of hydrogen-bond acceptors (Lipinski definition) is 6. The summed E-state index contributed by atoms with van der Waals surface area (Å²) in [5.41, 5.74) is 0.159. The highest BCUT2D eigenvalue weighted by Crippen LogP contribution is 2.40. The molecule has 0 N–H and O–H groups in total. The first-order chi connectivity index (χ1) is 26.1. The summed E-state index contributed by atoms with van der Waals surface area (Å²) in [7, 11) is 2.33. The van der Waals surface area contributed by atoms with Crippen LogP contribution in [0.1, 0.15) is 179 Å². The van der Waals surface area contributed by atoms with Gasteiger partial charge in [0.05, 0.1) is 64.3 Å². The van der Waals surface area contributed by atoms with E-state index in [4.69, 9.17) is 0 Å². The molecule has 0 aliphatic heterocycles. The number of nitrogens with zero attached hydrogens (tertiary/aromatic N) is 2. The SMILES string of the molecule is CCCC[N+](CCCC)(CCCC)CCCC.CCCC[N+](CCCC)(CCCC)CCCC.O=C([O-])c1ccccc1SSc1ccccc1C(=O)[O-]. The number of carboxylic acids is 2. The molecule has 6 nitrogen and oxygen atoms in total. The van der Waals surface area contributed by atoms with Crippen molar-refractivity contribution in [3.63, 3.8) is 0 Å². The Hall–Kier alpha value is -2.00. The van der Waals surface area contributed by atoms with E-state index in [-0.39, 0.29) is 11.1 Å². The zero-order valence-electron chi connectivity index (χ0n) is 35.9. The van der Waals surface area contributed by atoms with Crippen LogP contribution in [0.2, 0.25) is 0 Å². The zero-order valence-corrected chi connectivity index (χ0v) is 37.6. The molecule has 0 aliphatic carbocycles. The van der Waals surface area contributed by atoms with Crippen molar-refractivity contribution in [3.05, 3.63) is 59.7 Å². The molecule has 0 saturated heterocycles. The fourth-order valence-corrected chi connectivity index (χ4v) is 9.14. The molecule has 0 radical (unpaired) electrons. The summed E-state index contributed by atoms with van der Waals surface area (Å²) in [5.74, 6) is -2.52. The predicted octanol–water partition coefficient (Wildman–Crippen LogP) is 11.2. The monoisotopic (exact) mass is 789 g/mol. The lowest BCUT2D eigenvalue weighted by molar-refractivity contribution is -0.929. The Bertz CT molecular complexity index is 1060.